The minimum atomic E-state index is -5.08. The number of nitrogens with one attached hydrogen (secondary N) is 1. The number of ether oxygens (including phenoxy) is 1. The number of likely N-dealkylation sites (tertiary alicyclic amines) is 1. The van der Waals surface area contributed by atoms with Gasteiger partial charge in [0.15, 0.2) is 0 Å². The average molecular weight is 587 g/mol. The number of hydrogen-bond acceptors (Lipinski definition) is 7. The number of alkyl halides is 3. The van der Waals surface area contributed by atoms with Crippen molar-refractivity contribution in [2.45, 2.75) is 42.8 Å². The molecule has 11 nitrogen and oxygen atoms in total. The van der Waals surface area contributed by atoms with E-state index in [0.29, 0.717) is 31.1 Å². The van der Waals surface area contributed by atoms with E-state index in [0.717, 1.165) is 10.3 Å². The Labute approximate surface area is 228 Å². The van der Waals surface area contributed by atoms with Crippen LogP contribution in [0.4, 0.5) is 18.0 Å². The van der Waals surface area contributed by atoms with Crippen LogP contribution < -0.4 is 5.73 Å². The van der Waals surface area contributed by atoms with E-state index in [1.807, 2.05) is 18.2 Å². The van der Waals surface area contributed by atoms with Crippen molar-refractivity contribution in [3.63, 3.8) is 0 Å². The number of sulfonamides is 1. The second-order valence-corrected chi connectivity index (χ2v) is 11.3. The highest BCUT2D eigenvalue weighted by molar-refractivity contribution is 7.89. The van der Waals surface area contributed by atoms with Gasteiger partial charge < -0.3 is 15.6 Å². The molecule has 2 aliphatic heterocycles. The highest BCUT2D eigenvalue weighted by Crippen LogP contribution is 2.42. The van der Waals surface area contributed by atoms with Crippen molar-refractivity contribution in [1.82, 2.24) is 9.21 Å². The summed E-state index contributed by atoms with van der Waals surface area (Å²) in [5.74, 6) is -3.77. The number of fused-ring (bicyclic) bond motifs is 2. The van der Waals surface area contributed by atoms with E-state index >= 15 is 0 Å². The van der Waals surface area contributed by atoms with E-state index in [4.69, 9.17) is 25.8 Å². The van der Waals surface area contributed by atoms with Crippen LogP contribution in [0.15, 0.2) is 47.4 Å². The Morgan fingerprint density at radius 3 is 2.35 bits per heavy atom. The molecule has 0 unspecified atom stereocenters. The van der Waals surface area contributed by atoms with E-state index in [1.165, 1.54) is 11.4 Å². The fourth-order valence-corrected chi connectivity index (χ4v) is 6.78. The van der Waals surface area contributed by atoms with Gasteiger partial charge in [0.05, 0.1) is 23.9 Å². The van der Waals surface area contributed by atoms with Crippen molar-refractivity contribution in [1.29, 1.82) is 5.41 Å². The summed E-state index contributed by atoms with van der Waals surface area (Å²) in [6.07, 6.45) is -3.58. The van der Waals surface area contributed by atoms with Gasteiger partial charge in [-0.15, -0.1) is 0 Å². The minimum Gasteiger partial charge on any atom is -0.475 e. The number of nitrogens with two attached hydrogens (primary N) is 1. The predicted octanol–water partition coefficient (Wildman–Crippen LogP) is 3.18. The summed E-state index contributed by atoms with van der Waals surface area (Å²) in [4.78, 5) is 35.7. The Morgan fingerprint density at radius 2 is 1.75 bits per heavy atom. The number of rotatable bonds is 7. The number of hydrogen-bond donors (Lipinski definition) is 3. The van der Waals surface area contributed by atoms with Crippen molar-refractivity contribution < 1.29 is 45.8 Å². The van der Waals surface area contributed by atoms with Crippen molar-refractivity contribution in [2.75, 3.05) is 20.2 Å². The van der Waals surface area contributed by atoms with Gasteiger partial charge in [0, 0.05) is 36.7 Å². The van der Waals surface area contributed by atoms with Crippen LogP contribution in [0.2, 0.25) is 0 Å². The third-order valence-corrected chi connectivity index (χ3v) is 8.78. The molecule has 0 bridgehead atoms. The molecule has 15 heteroatoms. The Hall–Kier alpha value is -3.72. The van der Waals surface area contributed by atoms with Crippen LogP contribution in [-0.2, 0) is 24.3 Å². The van der Waals surface area contributed by atoms with Crippen molar-refractivity contribution in [3.8, 4) is 0 Å². The van der Waals surface area contributed by atoms with Crippen molar-refractivity contribution in [2.24, 2.45) is 17.6 Å². The van der Waals surface area contributed by atoms with Crippen LogP contribution in [-0.4, -0.2) is 79.0 Å². The van der Waals surface area contributed by atoms with E-state index in [2.05, 4.69) is 0 Å². The minimum absolute atomic E-state index is 0.0427. The number of imide groups is 1. The van der Waals surface area contributed by atoms with Crippen molar-refractivity contribution in [3.05, 3.63) is 42.5 Å². The SMILES string of the molecule is COC(=O)N1C(=O)[C@H](CCCCC(=N)N)[C@@H]2CN(S(=O)(=O)c3cccc4ccccc34)C[C@H]21.O=C(O)C(F)(F)F. The lowest BCUT2D eigenvalue weighted by Gasteiger charge is -2.23. The standard InChI is InChI=1S/C23H28N4O5S.C2HF3O2/c1-32-23(29)27-19-14-26(13-18(19)17(22(27)28)10-4-5-12-21(24)25)33(30,31)20-11-6-8-15-7-2-3-9-16(15)20;3-2(4,5)1(6)7/h2-3,6-9,11,17-19H,4-5,10,12-14H2,1H3,(H3,24,25);(H,6,7)/t17-,18+,19-;/m1./s1. The second kappa shape index (κ2) is 12.2. The molecule has 2 heterocycles. The Morgan fingerprint density at radius 1 is 1.12 bits per heavy atom. The zero-order chi connectivity index (χ0) is 29.8. The zero-order valence-corrected chi connectivity index (χ0v) is 22.2. The molecule has 2 aliphatic rings. The van der Waals surface area contributed by atoms with Gasteiger partial charge in [0.2, 0.25) is 15.9 Å². The van der Waals surface area contributed by atoms with Gasteiger partial charge >= 0.3 is 18.2 Å². The summed E-state index contributed by atoms with van der Waals surface area (Å²) >= 11 is 0. The van der Waals surface area contributed by atoms with Crippen molar-refractivity contribution >= 4 is 44.6 Å². The first kappa shape index (κ1) is 30.8. The number of amides is 2. The molecule has 4 N–H and O–H groups in total. The molecule has 0 spiro atoms. The van der Waals surface area contributed by atoms with Crippen LogP contribution in [0.5, 0.6) is 0 Å². The lowest BCUT2D eigenvalue weighted by Crippen LogP contribution is -2.43. The number of aliphatic carboxylic acids is 1. The molecular weight excluding hydrogens is 557 g/mol. The number of unbranched alkanes of at least 4 members (excludes halogenated alkanes) is 1. The van der Waals surface area contributed by atoms with E-state index in [1.54, 1.807) is 24.3 Å². The first-order chi connectivity index (χ1) is 18.7. The summed E-state index contributed by atoms with van der Waals surface area (Å²) in [6.45, 7) is 0.202. The summed E-state index contributed by atoms with van der Waals surface area (Å²) in [6, 6.07) is 11.9. The molecule has 40 heavy (non-hydrogen) atoms. The van der Waals surface area contributed by atoms with Gasteiger partial charge in [-0.05, 0) is 24.3 Å². The Bertz CT molecular complexity index is 1400. The maximum atomic E-state index is 13.6. The predicted molar refractivity (Wildman–Crippen MR) is 137 cm³/mol. The van der Waals surface area contributed by atoms with Gasteiger partial charge in [0.25, 0.3) is 0 Å². The highest BCUT2D eigenvalue weighted by Gasteiger charge is 2.56. The topological polar surface area (TPSA) is 171 Å². The number of carbonyl (C=O) groups excluding carboxylic acids is 2. The Balaban J connectivity index is 0.000000559. The van der Waals surface area contributed by atoms with Gasteiger partial charge in [-0.1, -0.05) is 42.8 Å². The average Bonchev–Trinajstić information content (AvgIpc) is 3.43. The molecule has 3 atom stereocenters. The van der Waals surface area contributed by atoms with E-state index < -0.39 is 40.2 Å². The molecule has 2 saturated heterocycles. The number of nitrogens with zero attached hydrogens (tertiary/aromatic N) is 2. The van der Waals surface area contributed by atoms with E-state index in [9.17, 15) is 31.2 Å². The number of benzene rings is 2. The van der Waals surface area contributed by atoms with Gasteiger partial charge in [-0.2, -0.15) is 17.5 Å². The number of carboxylic acid groups (broad SMARTS) is 1. The molecule has 0 saturated carbocycles. The maximum Gasteiger partial charge on any atom is 0.490 e. The van der Waals surface area contributed by atoms with Crippen LogP contribution in [0.1, 0.15) is 25.7 Å². The fraction of sp³-hybridized carbons (Fsp3) is 0.440. The van der Waals surface area contributed by atoms with Crippen LogP contribution in [0.3, 0.4) is 0 Å². The summed E-state index contributed by atoms with van der Waals surface area (Å²) in [5, 5.41) is 15.9. The van der Waals surface area contributed by atoms with Gasteiger partial charge in [0.1, 0.15) is 0 Å². The van der Waals surface area contributed by atoms with Gasteiger partial charge in [-0.3, -0.25) is 10.2 Å². The van der Waals surface area contributed by atoms with Crippen LogP contribution in [0.25, 0.3) is 10.8 Å². The molecular formula is C25H29F3N4O7S. The van der Waals surface area contributed by atoms with E-state index in [-0.39, 0.29) is 35.6 Å². The normalized spacial score (nSPS) is 21.1. The first-order valence-electron chi connectivity index (χ1n) is 12.2. The quantitative estimate of drug-likeness (QED) is 0.252. The van der Waals surface area contributed by atoms with Crippen LogP contribution >= 0.6 is 0 Å². The lowest BCUT2D eigenvalue weighted by molar-refractivity contribution is -0.192. The fourth-order valence-electron chi connectivity index (χ4n) is 5.07. The molecule has 0 aromatic heterocycles. The molecule has 4 rings (SSSR count). The molecule has 2 fully saturated rings. The number of carbonyl (C=O) groups is 3. The number of methoxy groups -OCH3 is 1. The summed E-state index contributed by atoms with van der Waals surface area (Å²) in [5.41, 5.74) is 5.41. The third-order valence-electron chi connectivity index (χ3n) is 6.89. The molecule has 218 valence electrons. The Kier molecular flexibility index (Phi) is 9.40. The third kappa shape index (κ3) is 6.53. The molecule has 2 amide bonds. The zero-order valence-electron chi connectivity index (χ0n) is 21.4. The molecule has 2 aromatic rings. The summed E-state index contributed by atoms with van der Waals surface area (Å²) < 4.78 is 65.2. The number of halogens is 3. The molecule has 0 aliphatic carbocycles. The largest absolute Gasteiger partial charge is 0.490 e. The summed E-state index contributed by atoms with van der Waals surface area (Å²) in [7, 11) is -2.63. The second-order valence-electron chi connectivity index (χ2n) is 9.39. The smallest absolute Gasteiger partial charge is 0.475 e. The molecule has 2 aromatic carbocycles. The van der Waals surface area contributed by atoms with Gasteiger partial charge in [-0.25, -0.2) is 22.9 Å². The maximum absolute atomic E-state index is 13.6. The number of carboxylic acids is 1. The molecule has 0 radical (unpaired) electrons. The number of amidine groups is 1. The monoisotopic (exact) mass is 586 g/mol. The first-order valence-corrected chi connectivity index (χ1v) is 13.7. The highest BCUT2D eigenvalue weighted by atomic mass is 32.2. The lowest BCUT2D eigenvalue weighted by atomic mass is 9.88. The van der Waals surface area contributed by atoms with Crippen LogP contribution in [0, 0.1) is 17.2 Å².